The topological polar surface area (TPSA) is 21.3 Å². The lowest BCUT2D eigenvalue weighted by molar-refractivity contribution is 0.381. The number of benzene rings is 2. The van der Waals surface area contributed by atoms with Crippen LogP contribution in [0.15, 0.2) is 36.4 Å². The van der Waals surface area contributed by atoms with Gasteiger partial charge >= 0.3 is 0 Å². The molecule has 2 nitrogen and oxygen atoms in total. The summed E-state index contributed by atoms with van der Waals surface area (Å²) >= 11 is 0. The Kier molecular flexibility index (Phi) is 4.91. The smallest absolute Gasteiger partial charge is 0.170 e. The van der Waals surface area contributed by atoms with Gasteiger partial charge < -0.3 is 10.1 Å². The number of hydrogen-bond acceptors (Lipinski definition) is 2. The van der Waals surface area contributed by atoms with Crippen LogP contribution in [0.5, 0.6) is 5.75 Å². The summed E-state index contributed by atoms with van der Waals surface area (Å²) in [7, 11) is 1.43. The van der Waals surface area contributed by atoms with Crippen molar-refractivity contribution in [3.05, 3.63) is 64.7 Å². The van der Waals surface area contributed by atoms with Crippen molar-refractivity contribution in [3.63, 3.8) is 0 Å². The summed E-state index contributed by atoms with van der Waals surface area (Å²) in [6.45, 7) is 4.26. The predicted molar refractivity (Wildman–Crippen MR) is 79.6 cm³/mol. The van der Waals surface area contributed by atoms with E-state index in [9.17, 15) is 8.78 Å². The second-order valence-corrected chi connectivity index (χ2v) is 4.86. The van der Waals surface area contributed by atoms with Crippen molar-refractivity contribution >= 4 is 0 Å². The van der Waals surface area contributed by atoms with E-state index in [1.807, 2.05) is 13.0 Å². The van der Waals surface area contributed by atoms with E-state index in [1.165, 1.54) is 13.2 Å². The molecule has 21 heavy (non-hydrogen) atoms. The Bertz CT molecular complexity index is 628. The van der Waals surface area contributed by atoms with Crippen LogP contribution >= 0.6 is 0 Å². The zero-order valence-corrected chi connectivity index (χ0v) is 12.4. The first kappa shape index (κ1) is 15.4. The molecule has 0 saturated heterocycles. The van der Waals surface area contributed by atoms with E-state index in [0.29, 0.717) is 23.2 Å². The van der Waals surface area contributed by atoms with Crippen molar-refractivity contribution in [2.24, 2.45) is 0 Å². The van der Waals surface area contributed by atoms with E-state index >= 15 is 0 Å². The molecule has 1 unspecified atom stereocenters. The molecular weight excluding hydrogens is 272 g/mol. The molecule has 1 atom stereocenters. The van der Waals surface area contributed by atoms with Gasteiger partial charge in [0.2, 0.25) is 0 Å². The van der Waals surface area contributed by atoms with Crippen LogP contribution in [0.3, 0.4) is 0 Å². The molecule has 0 heterocycles. The van der Waals surface area contributed by atoms with Crippen LogP contribution in [0.1, 0.15) is 29.7 Å². The molecule has 0 fully saturated rings. The third-order valence-corrected chi connectivity index (χ3v) is 3.46. The summed E-state index contributed by atoms with van der Waals surface area (Å²) in [5.41, 5.74) is 1.70. The molecule has 0 amide bonds. The van der Waals surface area contributed by atoms with E-state index in [1.54, 1.807) is 31.2 Å². The Morgan fingerprint density at radius 3 is 2.57 bits per heavy atom. The van der Waals surface area contributed by atoms with Gasteiger partial charge in [0.05, 0.1) is 13.2 Å². The average molecular weight is 291 g/mol. The standard InChI is InChI=1S/C17H19F2NO/c1-4-20-17(12-9-8-11(2)14(18)10-12)13-6-5-7-15(21-3)16(13)19/h5-10,17,20H,4H2,1-3H3. The number of halogens is 2. The zero-order chi connectivity index (χ0) is 15.4. The van der Waals surface area contributed by atoms with Crippen molar-refractivity contribution in [2.45, 2.75) is 19.9 Å². The van der Waals surface area contributed by atoms with Crippen molar-refractivity contribution in [2.75, 3.05) is 13.7 Å². The number of methoxy groups -OCH3 is 1. The van der Waals surface area contributed by atoms with E-state index in [-0.39, 0.29) is 11.6 Å². The second-order valence-electron chi connectivity index (χ2n) is 4.86. The first-order valence-electron chi connectivity index (χ1n) is 6.90. The number of ether oxygens (including phenoxy) is 1. The van der Waals surface area contributed by atoms with Gasteiger partial charge in [-0.2, -0.15) is 0 Å². The van der Waals surface area contributed by atoms with Gasteiger partial charge in [-0.15, -0.1) is 0 Å². The van der Waals surface area contributed by atoms with Gasteiger partial charge in [-0.25, -0.2) is 8.78 Å². The second kappa shape index (κ2) is 6.68. The summed E-state index contributed by atoms with van der Waals surface area (Å²) in [6, 6.07) is 9.52. The molecule has 4 heteroatoms. The number of aryl methyl sites for hydroxylation is 1. The lowest BCUT2D eigenvalue weighted by Crippen LogP contribution is -2.23. The average Bonchev–Trinajstić information content (AvgIpc) is 2.48. The third-order valence-electron chi connectivity index (χ3n) is 3.46. The van der Waals surface area contributed by atoms with Gasteiger partial charge in [0.15, 0.2) is 11.6 Å². The molecule has 0 aromatic heterocycles. The van der Waals surface area contributed by atoms with Gasteiger partial charge in [-0.1, -0.05) is 31.2 Å². The number of nitrogens with one attached hydrogen (secondary N) is 1. The Hall–Kier alpha value is -1.94. The molecule has 0 saturated carbocycles. The summed E-state index contributed by atoms with van der Waals surface area (Å²) in [6.07, 6.45) is 0. The van der Waals surface area contributed by atoms with E-state index in [0.717, 1.165) is 0 Å². The van der Waals surface area contributed by atoms with Crippen molar-refractivity contribution in [1.29, 1.82) is 0 Å². The monoisotopic (exact) mass is 291 g/mol. The van der Waals surface area contributed by atoms with Crippen LogP contribution in [-0.2, 0) is 0 Å². The Morgan fingerprint density at radius 2 is 1.95 bits per heavy atom. The molecule has 0 aliphatic carbocycles. The Morgan fingerprint density at radius 1 is 1.19 bits per heavy atom. The summed E-state index contributed by atoms with van der Waals surface area (Å²) in [5.74, 6) is -0.534. The van der Waals surface area contributed by atoms with Crippen LogP contribution < -0.4 is 10.1 Å². The summed E-state index contributed by atoms with van der Waals surface area (Å²) < 4.78 is 33.3. The molecular formula is C17H19F2NO. The van der Waals surface area contributed by atoms with E-state index in [4.69, 9.17) is 4.74 Å². The maximum atomic E-state index is 14.5. The van der Waals surface area contributed by atoms with E-state index < -0.39 is 11.9 Å². The zero-order valence-electron chi connectivity index (χ0n) is 12.4. The molecule has 2 rings (SSSR count). The van der Waals surface area contributed by atoms with Crippen molar-refractivity contribution in [1.82, 2.24) is 5.32 Å². The molecule has 0 spiro atoms. The summed E-state index contributed by atoms with van der Waals surface area (Å²) in [5, 5.41) is 3.19. The first-order chi connectivity index (χ1) is 10.1. The SMILES string of the molecule is CCNC(c1ccc(C)c(F)c1)c1cccc(OC)c1F. The predicted octanol–water partition coefficient (Wildman–Crippen LogP) is 3.98. The van der Waals surface area contributed by atoms with Gasteiger partial charge in [0, 0.05) is 5.56 Å². The van der Waals surface area contributed by atoms with Gasteiger partial charge in [0.1, 0.15) is 5.82 Å². The van der Waals surface area contributed by atoms with Crippen LogP contribution in [0.4, 0.5) is 8.78 Å². The highest BCUT2D eigenvalue weighted by molar-refractivity contribution is 5.39. The Labute approximate surface area is 123 Å². The van der Waals surface area contributed by atoms with E-state index in [2.05, 4.69) is 5.32 Å². The van der Waals surface area contributed by atoms with Gasteiger partial charge in [-0.3, -0.25) is 0 Å². The molecule has 2 aromatic carbocycles. The summed E-state index contributed by atoms with van der Waals surface area (Å²) in [4.78, 5) is 0. The minimum Gasteiger partial charge on any atom is -0.494 e. The maximum absolute atomic E-state index is 14.5. The fraction of sp³-hybridized carbons (Fsp3) is 0.294. The molecule has 1 N–H and O–H groups in total. The highest BCUT2D eigenvalue weighted by Crippen LogP contribution is 2.30. The van der Waals surface area contributed by atoms with Gasteiger partial charge in [-0.05, 0) is 36.7 Å². The van der Waals surface area contributed by atoms with Crippen molar-refractivity contribution < 1.29 is 13.5 Å². The normalized spacial score (nSPS) is 12.2. The van der Waals surface area contributed by atoms with Gasteiger partial charge in [0.25, 0.3) is 0 Å². The lowest BCUT2D eigenvalue weighted by Gasteiger charge is -2.21. The molecule has 2 aromatic rings. The lowest BCUT2D eigenvalue weighted by atomic mass is 9.96. The van der Waals surface area contributed by atoms with Crippen LogP contribution in [0, 0.1) is 18.6 Å². The third kappa shape index (κ3) is 3.22. The fourth-order valence-electron chi connectivity index (χ4n) is 2.31. The minimum atomic E-state index is -0.424. The molecule has 0 bridgehead atoms. The quantitative estimate of drug-likeness (QED) is 0.899. The largest absolute Gasteiger partial charge is 0.494 e. The highest BCUT2D eigenvalue weighted by atomic mass is 19.1. The Balaban J connectivity index is 2.50. The van der Waals surface area contributed by atoms with Crippen LogP contribution in [0.2, 0.25) is 0 Å². The maximum Gasteiger partial charge on any atom is 0.170 e. The number of hydrogen-bond donors (Lipinski definition) is 1. The molecule has 0 aliphatic rings. The van der Waals surface area contributed by atoms with Crippen LogP contribution in [-0.4, -0.2) is 13.7 Å². The van der Waals surface area contributed by atoms with Crippen molar-refractivity contribution in [3.8, 4) is 5.75 Å². The van der Waals surface area contributed by atoms with Crippen LogP contribution in [0.25, 0.3) is 0 Å². The minimum absolute atomic E-state index is 0.183. The number of rotatable bonds is 5. The highest BCUT2D eigenvalue weighted by Gasteiger charge is 2.20. The molecule has 0 radical (unpaired) electrons. The molecule has 112 valence electrons. The first-order valence-corrected chi connectivity index (χ1v) is 6.90. The molecule has 0 aliphatic heterocycles. The fourth-order valence-corrected chi connectivity index (χ4v) is 2.31.